The lowest BCUT2D eigenvalue weighted by Gasteiger charge is -2.06. The molecule has 0 unspecified atom stereocenters. The topological polar surface area (TPSA) is 40.7 Å². The third-order valence-corrected chi connectivity index (χ3v) is 3.99. The molecule has 0 aliphatic heterocycles. The van der Waals surface area contributed by atoms with Gasteiger partial charge in [-0.3, -0.25) is 5.10 Å². The van der Waals surface area contributed by atoms with Crippen molar-refractivity contribution in [2.75, 3.05) is 6.54 Å². The van der Waals surface area contributed by atoms with E-state index in [0.717, 1.165) is 25.0 Å². The molecule has 4 heteroatoms. The van der Waals surface area contributed by atoms with Gasteiger partial charge in [0.1, 0.15) is 0 Å². The van der Waals surface area contributed by atoms with Crippen LogP contribution in [0.4, 0.5) is 0 Å². The van der Waals surface area contributed by atoms with E-state index in [0.29, 0.717) is 0 Å². The first kappa shape index (κ1) is 13.6. The molecule has 0 bridgehead atoms. The Balaban J connectivity index is 1.52. The highest BCUT2D eigenvalue weighted by molar-refractivity contribution is 14.1. The lowest BCUT2D eigenvalue weighted by Crippen LogP contribution is -2.16. The van der Waals surface area contributed by atoms with Gasteiger partial charge in [-0.1, -0.05) is 24.3 Å². The summed E-state index contributed by atoms with van der Waals surface area (Å²) in [6, 6.07) is 15.1. The molecular weight excluding hydrogens is 361 g/mol. The molecule has 3 rings (SSSR count). The summed E-state index contributed by atoms with van der Waals surface area (Å²) in [4.78, 5) is 0. The second kappa shape index (κ2) is 6.37. The van der Waals surface area contributed by atoms with Gasteiger partial charge in [-0.2, -0.15) is 5.10 Å². The molecule has 0 amide bonds. The average molecular weight is 377 g/mol. The fourth-order valence-corrected chi connectivity index (χ4v) is 2.86. The Morgan fingerprint density at radius 2 is 2.05 bits per heavy atom. The van der Waals surface area contributed by atoms with E-state index in [9.17, 15) is 0 Å². The molecule has 0 fully saturated rings. The molecule has 2 N–H and O–H groups in total. The third kappa shape index (κ3) is 3.37. The molecule has 0 spiro atoms. The lowest BCUT2D eigenvalue weighted by atomic mass is 10.1. The lowest BCUT2D eigenvalue weighted by molar-refractivity contribution is 0.687. The van der Waals surface area contributed by atoms with Gasteiger partial charge >= 0.3 is 0 Å². The predicted molar refractivity (Wildman–Crippen MR) is 90.7 cm³/mol. The summed E-state index contributed by atoms with van der Waals surface area (Å²) in [5.41, 5.74) is 3.78. The molecule has 0 atom stereocenters. The van der Waals surface area contributed by atoms with E-state index in [-0.39, 0.29) is 0 Å². The van der Waals surface area contributed by atoms with E-state index in [1.807, 2.05) is 6.20 Å². The second-order valence-electron chi connectivity index (χ2n) is 4.85. The summed E-state index contributed by atoms with van der Waals surface area (Å²) in [5.74, 6) is 0. The number of benzene rings is 2. The number of aromatic nitrogens is 2. The Bertz CT molecular complexity index is 706. The molecule has 102 valence electrons. The quantitative estimate of drug-likeness (QED) is 0.528. The molecule has 2 aromatic carbocycles. The molecule has 20 heavy (non-hydrogen) atoms. The summed E-state index contributed by atoms with van der Waals surface area (Å²) >= 11 is 2.35. The zero-order chi connectivity index (χ0) is 13.8. The van der Waals surface area contributed by atoms with Crippen LogP contribution in [0.25, 0.3) is 10.9 Å². The number of fused-ring (bicyclic) bond motifs is 1. The van der Waals surface area contributed by atoms with Crippen LogP contribution in [0.15, 0.2) is 48.7 Å². The van der Waals surface area contributed by atoms with Crippen molar-refractivity contribution in [3.63, 3.8) is 0 Å². The van der Waals surface area contributed by atoms with Crippen molar-refractivity contribution in [3.05, 3.63) is 63.4 Å². The van der Waals surface area contributed by atoms with E-state index in [4.69, 9.17) is 0 Å². The maximum absolute atomic E-state index is 4.05. The highest BCUT2D eigenvalue weighted by atomic mass is 127. The van der Waals surface area contributed by atoms with Crippen LogP contribution < -0.4 is 5.32 Å². The smallest absolute Gasteiger partial charge is 0.0653 e. The van der Waals surface area contributed by atoms with Gasteiger partial charge in [0.05, 0.1) is 11.7 Å². The Morgan fingerprint density at radius 3 is 2.95 bits per heavy atom. The van der Waals surface area contributed by atoms with Gasteiger partial charge in [-0.15, -0.1) is 0 Å². The van der Waals surface area contributed by atoms with Gasteiger partial charge < -0.3 is 5.32 Å². The molecule has 3 nitrogen and oxygen atoms in total. The number of aromatic amines is 1. The van der Waals surface area contributed by atoms with Crippen LogP contribution >= 0.6 is 22.6 Å². The van der Waals surface area contributed by atoms with E-state index < -0.39 is 0 Å². The molecule has 0 saturated carbocycles. The van der Waals surface area contributed by atoms with Gasteiger partial charge in [0.2, 0.25) is 0 Å². The SMILES string of the molecule is Ic1cccc(CNCCc2ccc3cn[nH]c3c2)c1. The summed E-state index contributed by atoms with van der Waals surface area (Å²) in [7, 11) is 0. The first-order valence-corrected chi connectivity index (χ1v) is 7.76. The molecule has 1 heterocycles. The number of hydrogen-bond acceptors (Lipinski definition) is 2. The number of nitrogens with one attached hydrogen (secondary N) is 2. The zero-order valence-corrected chi connectivity index (χ0v) is 13.2. The van der Waals surface area contributed by atoms with Crippen molar-refractivity contribution in [3.8, 4) is 0 Å². The van der Waals surface area contributed by atoms with E-state index >= 15 is 0 Å². The van der Waals surface area contributed by atoms with Crippen LogP contribution in [0, 0.1) is 3.57 Å². The number of halogens is 1. The van der Waals surface area contributed by atoms with Gasteiger partial charge in [0.25, 0.3) is 0 Å². The van der Waals surface area contributed by atoms with Crippen LogP contribution in [0.3, 0.4) is 0 Å². The van der Waals surface area contributed by atoms with E-state index in [1.54, 1.807) is 0 Å². The maximum atomic E-state index is 4.05. The van der Waals surface area contributed by atoms with Crippen molar-refractivity contribution < 1.29 is 0 Å². The molecule has 0 saturated heterocycles. The minimum atomic E-state index is 0.920. The second-order valence-corrected chi connectivity index (χ2v) is 6.09. The predicted octanol–water partition coefficient (Wildman–Crippen LogP) is 3.50. The summed E-state index contributed by atoms with van der Waals surface area (Å²) in [6.45, 7) is 1.90. The Labute approximate surface area is 131 Å². The van der Waals surface area contributed by atoms with Crippen molar-refractivity contribution in [2.24, 2.45) is 0 Å². The fourth-order valence-electron chi connectivity index (χ4n) is 2.25. The van der Waals surface area contributed by atoms with Crippen molar-refractivity contribution in [1.29, 1.82) is 0 Å². The van der Waals surface area contributed by atoms with Crippen LogP contribution in [0.1, 0.15) is 11.1 Å². The molecular formula is C16H16IN3. The molecule has 1 aromatic heterocycles. The summed E-state index contributed by atoms with van der Waals surface area (Å²) in [5, 5.41) is 11.7. The summed E-state index contributed by atoms with van der Waals surface area (Å²) in [6.07, 6.45) is 2.88. The number of nitrogens with zero attached hydrogens (tertiary/aromatic N) is 1. The van der Waals surface area contributed by atoms with Crippen molar-refractivity contribution in [2.45, 2.75) is 13.0 Å². The zero-order valence-electron chi connectivity index (χ0n) is 11.1. The first-order valence-electron chi connectivity index (χ1n) is 6.68. The fraction of sp³-hybridized carbons (Fsp3) is 0.188. The average Bonchev–Trinajstić information content (AvgIpc) is 2.91. The monoisotopic (exact) mass is 377 g/mol. The Hall–Kier alpha value is -1.40. The minimum Gasteiger partial charge on any atom is -0.312 e. The number of H-pyrrole nitrogens is 1. The molecule has 0 radical (unpaired) electrons. The maximum Gasteiger partial charge on any atom is 0.0653 e. The first-order chi connectivity index (χ1) is 9.81. The van der Waals surface area contributed by atoms with Gasteiger partial charge in [-0.25, -0.2) is 0 Å². The number of rotatable bonds is 5. The highest BCUT2D eigenvalue weighted by Gasteiger charge is 1.99. The van der Waals surface area contributed by atoms with E-state index in [2.05, 4.69) is 80.6 Å². The van der Waals surface area contributed by atoms with E-state index in [1.165, 1.54) is 20.1 Å². The van der Waals surface area contributed by atoms with Crippen molar-refractivity contribution >= 4 is 33.5 Å². The van der Waals surface area contributed by atoms with Crippen LogP contribution in [0.5, 0.6) is 0 Å². The standard InChI is InChI=1S/C16H16IN3/c17-15-3-1-2-13(8-15)10-18-7-6-12-4-5-14-11-19-20-16(14)9-12/h1-5,8-9,11,18H,6-7,10H2,(H,19,20). The normalized spacial score (nSPS) is 11.1. The van der Waals surface area contributed by atoms with Crippen LogP contribution in [-0.2, 0) is 13.0 Å². The molecule has 3 aromatic rings. The Kier molecular flexibility index (Phi) is 4.32. The third-order valence-electron chi connectivity index (χ3n) is 3.31. The van der Waals surface area contributed by atoms with Gasteiger partial charge in [0, 0.05) is 15.5 Å². The Morgan fingerprint density at radius 1 is 1.10 bits per heavy atom. The highest BCUT2D eigenvalue weighted by Crippen LogP contribution is 2.13. The number of hydrogen-bond donors (Lipinski definition) is 2. The van der Waals surface area contributed by atoms with Crippen molar-refractivity contribution in [1.82, 2.24) is 15.5 Å². The van der Waals surface area contributed by atoms with Gasteiger partial charge in [0.15, 0.2) is 0 Å². The van der Waals surface area contributed by atoms with Crippen LogP contribution in [-0.4, -0.2) is 16.7 Å². The molecule has 0 aliphatic rings. The summed E-state index contributed by atoms with van der Waals surface area (Å²) < 4.78 is 1.28. The van der Waals surface area contributed by atoms with Gasteiger partial charge in [-0.05, 0) is 64.9 Å². The van der Waals surface area contributed by atoms with Crippen LogP contribution in [0.2, 0.25) is 0 Å². The largest absolute Gasteiger partial charge is 0.312 e. The molecule has 0 aliphatic carbocycles. The minimum absolute atomic E-state index is 0.920.